The zero-order valence-electron chi connectivity index (χ0n) is 10.6. The minimum atomic E-state index is 0.148. The lowest BCUT2D eigenvalue weighted by Gasteiger charge is -2.23. The highest BCUT2D eigenvalue weighted by Crippen LogP contribution is 2.29. The molecule has 0 unspecified atom stereocenters. The molecule has 3 nitrogen and oxygen atoms in total. The van der Waals surface area contributed by atoms with Crippen molar-refractivity contribution >= 4 is 5.91 Å². The van der Waals surface area contributed by atoms with Crippen molar-refractivity contribution in [3.8, 4) is 0 Å². The van der Waals surface area contributed by atoms with Crippen molar-refractivity contribution in [1.29, 1.82) is 0 Å². The van der Waals surface area contributed by atoms with Crippen LogP contribution in [0.15, 0.2) is 0 Å². The van der Waals surface area contributed by atoms with E-state index < -0.39 is 0 Å². The summed E-state index contributed by atoms with van der Waals surface area (Å²) in [6.45, 7) is 9.41. The molecule has 0 N–H and O–H groups in total. The zero-order chi connectivity index (χ0) is 11.5. The summed E-state index contributed by atoms with van der Waals surface area (Å²) >= 11 is 0. The van der Waals surface area contributed by atoms with Gasteiger partial charge in [0.2, 0.25) is 5.91 Å². The van der Waals surface area contributed by atoms with Gasteiger partial charge in [-0.1, -0.05) is 13.8 Å². The number of rotatable bonds is 3. The second kappa shape index (κ2) is 5.17. The molecule has 1 saturated carbocycles. The van der Waals surface area contributed by atoms with Crippen LogP contribution in [0.1, 0.15) is 33.1 Å². The molecular formula is C13H24N2O. The van der Waals surface area contributed by atoms with Crippen molar-refractivity contribution < 1.29 is 4.79 Å². The van der Waals surface area contributed by atoms with E-state index in [2.05, 4.69) is 9.80 Å². The van der Waals surface area contributed by atoms with Crippen LogP contribution < -0.4 is 0 Å². The summed E-state index contributed by atoms with van der Waals surface area (Å²) in [6, 6.07) is 0. The number of hydrogen-bond acceptors (Lipinski definition) is 2. The van der Waals surface area contributed by atoms with Crippen molar-refractivity contribution in [3.63, 3.8) is 0 Å². The number of hydrogen-bond donors (Lipinski definition) is 0. The molecule has 1 heterocycles. The van der Waals surface area contributed by atoms with Gasteiger partial charge in [-0.05, 0) is 31.7 Å². The van der Waals surface area contributed by atoms with Crippen LogP contribution in [0.2, 0.25) is 0 Å². The quantitative estimate of drug-likeness (QED) is 0.727. The van der Waals surface area contributed by atoms with E-state index in [0.717, 1.165) is 32.0 Å². The normalized spacial score (nSPS) is 23.6. The summed E-state index contributed by atoms with van der Waals surface area (Å²) in [5.74, 6) is 1.44. The van der Waals surface area contributed by atoms with E-state index in [9.17, 15) is 4.79 Å². The topological polar surface area (TPSA) is 23.6 Å². The van der Waals surface area contributed by atoms with Gasteiger partial charge in [-0.2, -0.15) is 0 Å². The Balaban J connectivity index is 1.79. The zero-order valence-corrected chi connectivity index (χ0v) is 10.6. The van der Waals surface area contributed by atoms with Crippen LogP contribution in [0.3, 0.4) is 0 Å². The molecule has 2 rings (SSSR count). The van der Waals surface area contributed by atoms with E-state index in [1.165, 1.54) is 25.9 Å². The van der Waals surface area contributed by atoms with Crippen LogP contribution in [0.5, 0.6) is 0 Å². The SMILES string of the molecule is CC(C)C(=O)N1CCCN(CC2CC2)CC1. The molecule has 1 saturated heterocycles. The molecule has 1 aliphatic heterocycles. The predicted molar refractivity (Wildman–Crippen MR) is 65.2 cm³/mol. The molecule has 0 atom stereocenters. The summed E-state index contributed by atoms with van der Waals surface area (Å²) in [6.07, 6.45) is 3.99. The maximum absolute atomic E-state index is 11.9. The van der Waals surface area contributed by atoms with Crippen molar-refractivity contribution in [1.82, 2.24) is 9.80 Å². The fourth-order valence-corrected chi connectivity index (χ4v) is 2.40. The van der Waals surface area contributed by atoms with Gasteiger partial charge >= 0.3 is 0 Å². The lowest BCUT2D eigenvalue weighted by Crippen LogP contribution is -2.37. The Labute approximate surface area is 98.8 Å². The fraction of sp³-hybridized carbons (Fsp3) is 0.923. The van der Waals surface area contributed by atoms with E-state index in [1.807, 2.05) is 13.8 Å². The average Bonchev–Trinajstić information content (AvgIpc) is 3.05. The second-order valence-electron chi connectivity index (χ2n) is 5.58. The Bertz CT molecular complexity index is 248. The summed E-state index contributed by atoms with van der Waals surface area (Å²) in [4.78, 5) is 16.5. The highest BCUT2D eigenvalue weighted by Gasteiger charge is 2.26. The van der Waals surface area contributed by atoms with Gasteiger partial charge in [-0.15, -0.1) is 0 Å². The van der Waals surface area contributed by atoms with Crippen LogP contribution >= 0.6 is 0 Å². The van der Waals surface area contributed by atoms with Gasteiger partial charge in [0.1, 0.15) is 0 Å². The van der Waals surface area contributed by atoms with E-state index in [-0.39, 0.29) is 5.92 Å². The molecule has 0 spiro atoms. The lowest BCUT2D eigenvalue weighted by molar-refractivity contribution is -0.134. The van der Waals surface area contributed by atoms with Crippen molar-refractivity contribution in [2.75, 3.05) is 32.7 Å². The molecular weight excluding hydrogens is 200 g/mol. The monoisotopic (exact) mass is 224 g/mol. The van der Waals surface area contributed by atoms with Crippen LogP contribution in [-0.2, 0) is 4.79 Å². The van der Waals surface area contributed by atoms with E-state index >= 15 is 0 Å². The Hall–Kier alpha value is -0.570. The highest BCUT2D eigenvalue weighted by molar-refractivity contribution is 5.78. The van der Waals surface area contributed by atoms with E-state index in [4.69, 9.17) is 0 Å². The molecule has 0 bridgehead atoms. The number of carbonyl (C=O) groups excluding carboxylic acids is 1. The van der Waals surface area contributed by atoms with Gasteiger partial charge in [0.05, 0.1) is 0 Å². The smallest absolute Gasteiger partial charge is 0.225 e. The van der Waals surface area contributed by atoms with Gasteiger partial charge in [0.25, 0.3) is 0 Å². The summed E-state index contributed by atoms with van der Waals surface area (Å²) in [5.41, 5.74) is 0. The Morgan fingerprint density at radius 2 is 1.94 bits per heavy atom. The fourth-order valence-electron chi connectivity index (χ4n) is 2.40. The Morgan fingerprint density at radius 1 is 1.19 bits per heavy atom. The molecule has 2 aliphatic rings. The van der Waals surface area contributed by atoms with Crippen LogP contribution in [-0.4, -0.2) is 48.4 Å². The Morgan fingerprint density at radius 3 is 2.56 bits per heavy atom. The maximum Gasteiger partial charge on any atom is 0.225 e. The molecule has 1 aliphatic carbocycles. The first kappa shape index (κ1) is 11.9. The number of nitrogens with zero attached hydrogens (tertiary/aromatic N) is 2. The molecule has 92 valence electrons. The second-order valence-corrected chi connectivity index (χ2v) is 5.58. The standard InChI is InChI=1S/C13H24N2O/c1-11(2)13(16)15-7-3-6-14(8-9-15)10-12-4-5-12/h11-12H,3-10H2,1-2H3. The first-order valence-corrected chi connectivity index (χ1v) is 6.68. The molecule has 0 aromatic heterocycles. The molecule has 0 aromatic carbocycles. The minimum absolute atomic E-state index is 0.148. The Kier molecular flexibility index (Phi) is 3.85. The summed E-state index contributed by atoms with van der Waals surface area (Å²) < 4.78 is 0. The van der Waals surface area contributed by atoms with Gasteiger partial charge in [-0.3, -0.25) is 4.79 Å². The molecule has 1 amide bonds. The molecule has 16 heavy (non-hydrogen) atoms. The van der Waals surface area contributed by atoms with Gasteiger partial charge in [-0.25, -0.2) is 0 Å². The molecule has 0 radical (unpaired) electrons. The van der Waals surface area contributed by atoms with Gasteiger partial charge < -0.3 is 9.80 Å². The van der Waals surface area contributed by atoms with Crippen molar-refractivity contribution in [3.05, 3.63) is 0 Å². The van der Waals surface area contributed by atoms with Crippen molar-refractivity contribution in [2.45, 2.75) is 33.1 Å². The minimum Gasteiger partial charge on any atom is -0.341 e. The van der Waals surface area contributed by atoms with Crippen molar-refractivity contribution in [2.24, 2.45) is 11.8 Å². The third-order valence-corrected chi connectivity index (χ3v) is 3.61. The van der Waals surface area contributed by atoms with Crippen LogP contribution in [0.25, 0.3) is 0 Å². The lowest BCUT2D eigenvalue weighted by atomic mass is 10.2. The van der Waals surface area contributed by atoms with Crippen LogP contribution in [0.4, 0.5) is 0 Å². The predicted octanol–water partition coefficient (Wildman–Crippen LogP) is 1.59. The van der Waals surface area contributed by atoms with E-state index in [0.29, 0.717) is 5.91 Å². The molecule has 0 aromatic rings. The maximum atomic E-state index is 11.9. The van der Waals surface area contributed by atoms with Crippen LogP contribution in [0, 0.1) is 11.8 Å². The molecule has 2 fully saturated rings. The first-order valence-electron chi connectivity index (χ1n) is 6.68. The largest absolute Gasteiger partial charge is 0.341 e. The van der Waals surface area contributed by atoms with Gasteiger partial charge in [0, 0.05) is 32.1 Å². The average molecular weight is 224 g/mol. The third-order valence-electron chi connectivity index (χ3n) is 3.61. The summed E-state index contributed by atoms with van der Waals surface area (Å²) in [5, 5.41) is 0. The highest BCUT2D eigenvalue weighted by atomic mass is 16.2. The number of amides is 1. The van der Waals surface area contributed by atoms with Gasteiger partial charge in [0.15, 0.2) is 0 Å². The first-order chi connectivity index (χ1) is 7.66. The number of carbonyl (C=O) groups is 1. The summed E-state index contributed by atoms with van der Waals surface area (Å²) in [7, 11) is 0. The van der Waals surface area contributed by atoms with E-state index in [1.54, 1.807) is 0 Å². The third kappa shape index (κ3) is 3.21. The molecule has 3 heteroatoms.